The number of hydrogen-bond donors (Lipinski definition) is 0. The van der Waals surface area contributed by atoms with E-state index in [4.69, 9.17) is 14.2 Å². The third-order valence-corrected chi connectivity index (χ3v) is 6.20. The summed E-state index contributed by atoms with van der Waals surface area (Å²) in [5, 5.41) is 3.68. The number of rotatable bonds is 5. The highest BCUT2D eigenvalue weighted by atomic mass is 32.2. The summed E-state index contributed by atoms with van der Waals surface area (Å²) in [6.07, 6.45) is 0. The lowest BCUT2D eigenvalue weighted by Gasteiger charge is -2.19. The van der Waals surface area contributed by atoms with Crippen molar-refractivity contribution in [1.29, 1.82) is 0 Å². The number of esters is 1. The number of ether oxygens (including phenoxy) is 3. The van der Waals surface area contributed by atoms with Crippen LogP contribution in [0, 0.1) is 6.92 Å². The first-order chi connectivity index (χ1) is 14.4. The summed E-state index contributed by atoms with van der Waals surface area (Å²) in [6, 6.07) is 1.52. The molecule has 0 saturated carbocycles. The molecule has 0 fully saturated rings. The highest BCUT2D eigenvalue weighted by Gasteiger charge is 2.33. The third kappa shape index (κ3) is 4.54. The van der Waals surface area contributed by atoms with Crippen molar-refractivity contribution < 1.29 is 27.4 Å². The molecule has 0 aliphatic rings. The van der Waals surface area contributed by atoms with Crippen LogP contribution in [0.1, 0.15) is 36.8 Å². The molecule has 14 heteroatoms. The van der Waals surface area contributed by atoms with Gasteiger partial charge in [-0.05, 0) is 39.2 Å². The van der Waals surface area contributed by atoms with Gasteiger partial charge in [-0.1, -0.05) is 0 Å². The van der Waals surface area contributed by atoms with Crippen molar-refractivity contribution in [3.05, 3.63) is 22.1 Å². The lowest BCUT2D eigenvalue weighted by atomic mass is 10.2. The molecule has 0 amide bonds. The molecule has 0 atom stereocenters. The molecular weight excluding hydrogens is 448 g/mol. The zero-order valence-corrected chi connectivity index (χ0v) is 19.7. The first-order valence-electron chi connectivity index (χ1n) is 8.93. The Hall–Kier alpha value is -3.00. The quantitative estimate of drug-likeness (QED) is 0.501. The van der Waals surface area contributed by atoms with Gasteiger partial charge in [0.15, 0.2) is 5.03 Å². The van der Waals surface area contributed by atoms with Crippen molar-refractivity contribution >= 4 is 33.3 Å². The minimum absolute atomic E-state index is 0.118. The highest BCUT2D eigenvalue weighted by molar-refractivity contribution is 7.90. The van der Waals surface area contributed by atoms with Crippen LogP contribution in [-0.2, 0) is 21.8 Å². The van der Waals surface area contributed by atoms with E-state index in [2.05, 4.69) is 19.5 Å². The van der Waals surface area contributed by atoms with Gasteiger partial charge >= 0.3 is 16.0 Å². The van der Waals surface area contributed by atoms with E-state index in [9.17, 15) is 13.2 Å². The third-order valence-electron chi connectivity index (χ3n) is 3.84. The summed E-state index contributed by atoms with van der Waals surface area (Å²) in [6.45, 7) is 6.57. The maximum absolute atomic E-state index is 13.1. The number of carbonyl (C=O) groups is 1. The van der Waals surface area contributed by atoms with E-state index in [1.54, 1.807) is 20.8 Å². The number of methoxy groups -OCH3 is 2. The minimum atomic E-state index is -4.38. The molecule has 0 unspecified atom stereocenters. The maximum atomic E-state index is 13.1. The van der Waals surface area contributed by atoms with Crippen LogP contribution in [0.15, 0.2) is 15.5 Å². The molecule has 168 valence electrons. The van der Waals surface area contributed by atoms with Gasteiger partial charge in [-0.25, -0.2) is 4.79 Å². The number of fused-ring (bicyclic) bond motifs is 1. The van der Waals surface area contributed by atoms with Crippen molar-refractivity contribution in [3.63, 3.8) is 0 Å². The summed E-state index contributed by atoms with van der Waals surface area (Å²) in [5.74, 6) is -0.0858. The van der Waals surface area contributed by atoms with Gasteiger partial charge in [0.05, 0.1) is 26.0 Å². The van der Waals surface area contributed by atoms with Gasteiger partial charge < -0.3 is 14.2 Å². The summed E-state index contributed by atoms with van der Waals surface area (Å²) in [7, 11) is -0.0911. The Morgan fingerprint density at radius 3 is 2.45 bits per heavy atom. The summed E-state index contributed by atoms with van der Waals surface area (Å²) in [5.41, 5.74) is -0.785. The lowest BCUT2D eigenvalue weighted by molar-refractivity contribution is 0.00638. The van der Waals surface area contributed by atoms with Crippen LogP contribution in [0.5, 0.6) is 11.8 Å². The number of hydrogen-bond acceptors (Lipinski definition) is 10. The number of aromatic nitrogens is 5. The van der Waals surface area contributed by atoms with Gasteiger partial charge in [0, 0.05) is 7.05 Å². The van der Waals surface area contributed by atoms with E-state index < -0.39 is 21.6 Å². The molecule has 0 saturated heterocycles. The molecule has 31 heavy (non-hydrogen) atoms. The number of carbonyl (C=O) groups excluding carboxylic acids is 1. The molecule has 0 N–H and O–H groups in total. The SMILES string of the molecule is COc1cc(OC)n2s/c(=N/S(=O)(=O)c3c(C(=O)OC(C)(C)C)c(C)nn3C)nc2n1. The van der Waals surface area contributed by atoms with E-state index in [0.29, 0.717) is 5.88 Å². The molecule has 0 bridgehead atoms. The molecule has 12 nitrogen and oxygen atoms in total. The molecule has 0 aromatic carbocycles. The zero-order chi connectivity index (χ0) is 23.1. The van der Waals surface area contributed by atoms with Gasteiger partial charge in [0.2, 0.25) is 16.6 Å². The van der Waals surface area contributed by atoms with Crippen LogP contribution >= 0.6 is 11.5 Å². The van der Waals surface area contributed by atoms with E-state index in [-0.39, 0.29) is 32.7 Å². The van der Waals surface area contributed by atoms with Crippen molar-refractivity contribution in [2.45, 2.75) is 38.3 Å². The summed E-state index contributed by atoms with van der Waals surface area (Å²) >= 11 is 0.897. The van der Waals surface area contributed by atoms with Crippen LogP contribution < -0.4 is 14.3 Å². The van der Waals surface area contributed by atoms with Crippen molar-refractivity contribution in [3.8, 4) is 11.8 Å². The van der Waals surface area contributed by atoms with Gasteiger partial charge in [-0.2, -0.15) is 27.3 Å². The molecule has 3 rings (SSSR count). The topological polar surface area (TPSA) is 139 Å². The minimum Gasteiger partial charge on any atom is -0.481 e. The molecule has 0 radical (unpaired) electrons. The first-order valence-corrected chi connectivity index (χ1v) is 11.1. The Bertz CT molecular complexity index is 1330. The van der Waals surface area contributed by atoms with Gasteiger partial charge in [-0.15, -0.1) is 4.40 Å². The van der Waals surface area contributed by atoms with Crippen LogP contribution in [0.2, 0.25) is 0 Å². The second kappa shape index (κ2) is 7.92. The first kappa shape index (κ1) is 22.7. The van der Waals surface area contributed by atoms with E-state index >= 15 is 0 Å². The zero-order valence-electron chi connectivity index (χ0n) is 18.0. The predicted octanol–water partition coefficient (Wildman–Crippen LogP) is 1.09. The molecule has 3 aromatic heterocycles. The van der Waals surface area contributed by atoms with E-state index in [0.717, 1.165) is 16.2 Å². The van der Waals surface area contributed by atoms with Crippen LogP contribution in [0.25, 0.3) is 5.78 Å². The Balaban J connectivity index is 2.17. The van der Waals surface area contributed by atoms with E-state index in [1.165, 1.54) is 38.0 Å². The smallest absolute Gasteiger partial charge is 0.343 e. The second-order valence-corrected chi connectivity index (χ2v) is 9.81. The highest BCUT2D eigenvalue weighted by Crippen LogP contribution is 2.24. The fourth-order valence-electron chi connectivity index (χ4n) is 2.71. The Morgan fingerprint density at radius 1 is 1.19 bits per heavy atom. The number of sulfonamides is 1. The Kier molecular flexibility index (Phi) is 5.80. The predicted molar refractivity (Wildman–Crippen MR) is 110 cm³/mol. The summed E-state index contributed by atoms with van der Waals surface area (Å²) in [4.78, 5) is 20.8. The normalized spacial score (nSPS) is 12.9. The number of nitrogens with zero attached hydrogens (tertiary/aromatic N) is 6. The fourth-order valence-corrected chi connectivity index (χ4v) is 5.00. The van der Waals surface area contributed by atoms with Crippen molar-refractivity contribution in [2.24, 2.45) is 11.4 Å². The Morgan fingerprint density at radius 2 is 1.87 bits per heavy atom. The maximum Gasteiger partial charge on any atom is 0.343 e. The molecule has 0 aliphatic heterocycles. The molecule has 3 heterocycles. The average Bonchev–Trinajstić information content (AvgIpc) is 3.18. The van der Waals surface area contributed by atoms with Crippen LogP contribution in [0.4, 0.5) is 0 Å². The summed E-state index contributed by atoms with van der Waals surface area (Å²) < 4.78 is 48.3. The van der Waals surface area contributed by atoms with Crippen LogP contribution in [-0.4, -0.2) is 57.7 Å². The largest absolute Gasteiger partial charge is 0.481 e. The monoisotopic (exact) mass is 470 g/mol. The molecular formula is C17H22N6O6S2. The van der Waals surface area contributed by atoms with Crippen molar-refractivity contribution in [2.75, 3.05) is 14.2 Å². The van der Waals surface area contributed by atoms with Gasteiger partial charge in [0.25, 0.3) is 5.78 Å². The van der Waals surface area contributed by atoms with Crippen molar-refractivity contribution in [1.82, 2.24) is 23.5 Å². The lowest BCUT2D eigenvalue weighted by Crippen LogP contribution is -2.25. The average molecular weight is 471 g/mol. The second-order valence-electron chi connectivity index (χ2n) is 7.38. The number of aryl methyl sites for hydroxylation is 2. The standard InChI is InChI=1S/C17H22N6O6S2/c1-9-12(14(24)29-17(2,3)4)13(22(5)20-9)31(25,26)21-16-19-15-18-10(27-6)8-11(28-7)23(15)30-16/h8H,1-7H3/b21-16+. The molecule has 0 aliphatic carbocycles. The fraction of sp³-hybridized carbons (Fsp3) is 0.471. The van der Waals surface area contributed by atoms with E-state index in [1.807, 2.05) is 0 Å². The van der Waals surface area contributed by atoms with Gasteiger partial charge in [-0.3, -0.25) is 4.68 Å². The molecule has 3 aromatic rings. The van der Waals surface area contributed by atoms with Crippen LogP contribution in [0.3, 0.4) is 0 Å². The van der Waals surface area contributed by atoms with Gasteiger partial charge in [0.1, 0.15) is 11.2 Å². The molecule has 0 spiro atoms. The Labute approximate surface area is 182 Å².